The minimum Gasteiger partial charge on any atom is -0.306 e. The van der Waals surface area contributed by atoms with Gasteiger partial charge in [-0.3, -0.25) is 4.79 Å². The SMILES string of the molecule is O=C(c1cc2ncccn2n1)N1CCc2ccccc21. The smallest absolute Gasteiger partial charge is 0.278 e. The number of carbonyl (C=O) groups is 1. The van der Waals surface area contributed by atoms with Crippen molar-refractivity contribution in [3.8, 4) is 0 Å². The lowest BCUT2D eigenvalue weighted by Crippen LogP contribution is -2.29. The van der Waals surface area contributed by atoms with Crippen molar-refractivity contribution in [2.24, 2.45) is 0 Å². The van der Waals surface area contributed by atoms with E-state index in [1.54, 1.807) is 33.9 Å². The maximum atomic E-state index is 12.6. The quantitative estimate of drug-likeness (QED) is 0.675. The molecule has 0 atom stereocenters. The average molecular weight is 264 g/mol. The Morgan fingerprint density at radius 3 is 3.00 bits per heavy atom. The van der Waals surface area contributed by atoms with Crippen LogP contribution in [0.15, 0.2) is 48.8 Å². The van der Waals surface area contributed by atoms with Gasteiger partial charge in [0.05, 0.1) is 0 Å². The molecule has 0 fully saturated rings. The van der Waals surface area contributed by atoms with E-state index in [1.165, 1.54) is 5.56 Å². The van der Waals surface area contributed by atoms with Crippen molar-refractivity contribution in [3.63, 3.8) is 0 Å². The molecule has 0 spiro atoms. The van der Waals surface area contributed by atoms with Gasteiger partial charge in [0.1, 0.15) is 0 Å². The second-order valence-electron chi connectivity index (χ2n) is 4.79. The summed E-state index contributed by atoms with van der Waals surface area (Å²) in [7, 11) is 0. The Hall–Kier alpha value is -2.69. The van der Waals surface area contributed by atoms with Crippen LogP contribution in [0.3, 0.4) is 0 Å². The second-order valence-corrected chi connectivity index (χ2v) is 4.79. The van der Waals surface area contributed by atoms with Crippen LogP contribution in [0.5, 0.6) is 0 Å². The maximum Gasteiger partial charge on any atom is 0.278 e. The Morgan fingerprint density at radius 1 is 1.20 bits per heavy atom. The number of hydrogen-bond donors (Lipinski definition) is 0. The van der Waals surface area contributed by atoms with Crippen LogP contribution in [0.4, 0.5) is 5.69 Å². The number of nitrogens with zero attached hydrogens (tertiary/aromatic N) is 4. The lowest BCUT2D eigenvalue weighted by molar-refractivity contribution is 0.0984. The van der Waals surface area contributed by atoms with Crippen LogP contribution in [-0.4, -0.2) is 27.0 Å². The van der Waals surface area contributed by atoms with Gasteiger partial charge in [0.2, 0.25) is 0 Å². The first kappa shape index (κ1) is 11.2. The molecule has 4 rings (SSSR count). The van der Waals surface area contributed by atoms with Gasteiger partial charge >= 0.3 is 0 Å². The molecule has 0 N–H and O–H groups in total. The fraction of sp³-hybridized carbons (Fsp3) is 0.133. The molecule has 3 heterocycles. The number of amides is 1. The predicted octanol–water partition coefficient (Wildman–Crippen LogP) is 1.93. The normalized spacial score (nSPS) is 13.7. The van der Waals surface area contributed by atoms with E-state index in [0.717, 1.165) is 12.1 Å². The standard InChI is InChI=1S/C15H12N4O/c20-15(12-10-14-16-7-3-8-19(14)17-12)18-9-6-11-4-1-2-5-13(11)18/h1-5,7-8,10H,6,9H2. The Labute approximate surface area is 115 Å². The van der Waals surface area contributed by atoms with E-state index in [-0.39, 0.29) is 5.91 Å². The van der Waals surface area contributed by atoms with Gasteiger partial charge in [-0.1, -0.05) is 18.2 Å². The van der Waals surface area contributed by atoms with Crippen LogP contribution < -0.4 is 4.90 Å². The van der Waals surface area contributed by atoms with Crippen LogP contribution in [0.2, 0.25) is 0 Å². The van der Waals surface area contributed by atoms with Gasteiger partial charge in [-0.15, -0.1) is 0 Å². The zero-order valence-corrected chi connectivity index (χ0v) is 10.7. The number of hydrogen-bond acceptors (Lipinski definition) is 3. The van der Waals surface area contributed by atoms with E-state index in [1.807, 2.05) is 18.2 Å². The van der Waals surface area contributed by atoms with Gasteiger partial charge in [0.15, 0.2) is 11.3 Å². The zero-order chi connectivity index (χ0) is 13.5. The molecule has 0 bridgehead atoms. The highest BCUT2D eigenvalue weighted by molar-refractivity contribution is 6.06. The molecule has 1 aliphatic heterocycles. The minimum atomic E-state index is -0.0690. The molecule has 1 aliphatic rings. The summed E-state index contributed by atoms with van der Waals surface area (Å²) in [4.78, 5) is 18.6. The average Bonchev–Trinajstić information content (AvgIpc) is 3.10. The summed E-state index contributed by atoms with van der Waals surface area (Å²) in [6, 6.07) is 11.5. The summed E-state index contributed by atoms with van der Waals surface area (Å²) in [5.41, 5.74) is 3.31. The van der Waals surface area contributed by atoms with Crippen molar-refractivity contribution in [2.45, 2.75) is 6.42 Å². The second kappa shape index (κ2) is 4.16. The Kier molecular flexibility index (Phi) is 2.32. The maximum absolute atomic E-state index is 12.6. The lowest BCUT2D eigenvalue weighted by Gasteiger charge is -2.15. The third-order valence-corrected chi connectivity index (χ3v) is 3.59. The molecule has 0 aliphatic carbocycles. The number of aromatic nitrogens is 3. The third-order valence-electron chi connectivity index (χ3n) is 3.59. The number of rotatable bonds is 1. The van der Waals surface area contributed by atoms with E-state index < -0.39 is 0 Å². The van der Waals surface area contributed by atoms with Gasteiger partial charge in [-0.2, -0.15) is 5.10 Å². The Bertz CT molecular complexity index is 775. The fourth-order valence-electron chi connectivity index (χ4n) is 2.62. The topological polar surface area (TPSA) is 50.5 Å². The first-order valence-corrected chi connectivity index (χ1v) is 6.53. The molecule has 5 nitrogen and oxygen atoms in total. The summed E-state index contributed by atoms with van der Waals surface area (Å²) in [5, 5.41) is 4.29. The minimum absolute atomic E-state index is 0.0690. The van der Waals surface area contributed by atoms with E-state index in [0.29, 0.717) is 17.9 Å². The highest BCUT2D eigenvalue weighted by atomic mass is 16.2. The van der Waals surface area contributed by atoms with Crippen molar-refractivity contribution < 1.29 is 4.79 Å². The van der Waals surface area contributed by atoms with Crippen molar-refractivity contribution in [1.82, 2.24) is 14.6 Å². The van der Waals surface area contributed by atoms with Crippen molar-refractivity contribution in [2.75, 3.05) is 11.4 Å². The van der Waals surface area contributed by atoms with E-state index in [2.05, 4.69) is 16.1 Å². The van der Waals surface area contributed by atoms with Crippen molar-refractivity contribution >= 4 is 17.2 Å². The number of anilines is 1. The summed E-state index contributed by atoms with van der Waals surface area (Å²) in [5.74, 6) is -0.0690. The van der Waals surface area contributed by atoms with Crippen LogP contribution in [0, 0.1) is 0 Å². The number of para-hydroxylation sites is 1. The summed E-state index contributed by atoms with van der Waals surface area (Å²) < 4.78 is 1.62. The van der Waals surface area contributed by atoms with Gasteiger partial charge in [-0.25, -0.2) is 9.50 Å². The lowest BCUT2D eigenvalue weighted by atomic mass is 10.2. The van der Waals surface area contributed by atoms with Gasteiger partial charge < -0.3 is 4.90 Å². The summed E-state index contributed by atoms with van der Waals surface area (Å²) >= 11 is 0. The molecule has 0 saturated heterocycles. The molecule has 2 aromatic heterocycles. The van der Waals surface area contributed by atoms with Gasteiger partial charge in [0.25, 0.3) is 5.91 Å². The van der Waals surface area contributed by atoms with E-state index in [9.17, 15) is 4.79 Å². The summed E-state index contributed by atoms with van der Waals surface area (Å²) in [6.45, 7) is 0.708. The highest BCUT2D eigenvalue weighted by Crippen LogP contribution is 2.28. The molecular weight excluding hydrogens is 252 g/mol. The number of carbonyl (C=O) groups excluding carboxylic acids is 1. The molecule has 0 radical (unpaired) electrons. The van der Waals surface area contributed by atoms with Crippen LogP contribution in [-0.2, 0) is 6.42 Å². The van der Waals surface area contributed by atoms with Crippen molar-refractivity contribution in [3.05, 3.63) is 60.0 Å². The van der Waals surface area contributed by atoms with Crippen LogP contribution in [0.25, 0.3) is 5.65 Å². The van der Waals surface area contributed by atoms with Crippen molar-refractivity contribution in [1.29, 1.82) is 0 Å². The van der Waals surface area contributed by atoms with Gasteiger partial charge in [-0.05, 0) is 24.1 Å². The molecule has 1 aromatic carbocycles. The van der Waals surface area contributed by atoms with E-state index in [4.69, 9.17) is 0 Å². The first-order valence-electron chi connectivity index (χ1n) is 6.53. The number of benzene rings is 1. The van der Waals surface area contributed by atoms with E-state index >= 15 is 0 Å². The molecular formula is C15H12N4O. The molecule has 0 unspecified atom stereocenters. The third kappa shape index (κ3) is 1.60. The largest absolute Gasteiger partial charge is 0.306 e. The van der Waals surface area contributed by atoms with Crippen LogP contribution >= 0.6 is 0 Å². The van der Waals surface area contributed by atoms with Crippen LogP contribution in [0.1, 0.15) is 16.1 Å². The Balaban J connectivity index is 1.74. The predicted molar refractivity (Wildman–Crippen MR) is 74.8 cm³/mol. The Morgan fingerprint density at radius 2 is 2.10 bits per heavy atom. The number of fused-ring (bicyclic) bond motifs is 2. The molecule has 0 saturated carbocycles. The molecule has 98 valence electrons. The summed E-state index contributed by atoms with van der Waals surface area (Å²) in [6.07, 6.45) is 4.38. The molecule has 1 amide bonds. The first-order chi connectivity index (χ1) is 9.83. The monoisotopic (exact) mass is 264 g/mol. The fourth-order valence-corrected chi connectivity index (χ4v) is 2.62. The highest BCUT2D eigenvalue weighted by Gasteiger charge is 2.26. The van der Waals surface area contributed by atoms with Gasteiger partial charge in [0, 0.05) is 30.7 Å². The molecule has 20 heavy (non-hydrogen) atoms. The zero-order valence-electron chi connectivity index (χ0n) is 10.7. The molecule has 5 heteroatoms. The molecule has 3 aromatic rings.